The summed E-state index contributed by atoms with van der Waals surface area (Å²) in [6.45, 7) is 4.91. The van der Waals surface area contributed by atoms with E-state index in [0.717, 1.165) is 18.1 Å². The van der Waals surface area contributed by atoms with Crippen LogP contribution < -0.4 is 5.73 Å². The van der Waals surface area contributed by atoms with Crippen LogP contribution in [0.15, 0.2) is 0 Å². The number of hydrogen-bond acceptors (Lipinski definition) is 3. The molecule has 1 heterocycles. The summed E-state index contributed by atoms with van der Waals surface area (Å²) in [4.78, 5) is 0. The molecule has 4 heteroatoms. The van der Waals surface area contributed by atoms with Gasteiger partial charge in [0.05, 0.1) is 0 Å². The first-order valence-corrected chi connectivity index (χ1v) is 6.89. The van der Waals surface area contributed by atoms with E-state index in [9.17, 15) is 0 Å². The van der Waals surface area contributed by atoms with E-state index in [-0.39, 0.29) is 0 Å². The van der Waals surface area contributed by atoms with E-state index >= 15 is 0 Å². The van der Waals surface area contributed by atoms with Crippen LogP contribution in [0.2, 0.25) is 0 Å². The van der Waals surface area contributed by atoms with E-state index in [1.54, 1.807) is 0 Å². The number of nitrogens with zero attached hydrogens (tertiary/aromatic N) is 3. The summed E-state index contributed by atoms with van der Waals surface area (Å²) in [5.74, 6) is 2.52. The number of hydrogen-bond donors (Lipinski definition) is 1. The first-order valence-electron chi connectivity index (χ1n) is 6.89. The van der Waals surface area contributed by atoms with Crippen molar-refractivity contribution >= 4 is 0 Å². The van der Waals surface area contributed by atoms with Gasteiger partial charge in [0, 0.05) is 18.5 Å². The molecular weight excluding hydrogens is 212 g/mol. The van der Waals surface area contributed by atoms with Gasteiger partial charge in [-0.15, -0.1) is 10.2 Å². The largest absolute Gasteiger partial charge is 0.330 e. The second kappa shape index (κ2) is 5.63. The van der Waals surface area contributed by atoms with Crippen molar-refractivity contribution in [2.24, 2.45) is 5.73 Å². The first-order chi connectivity index (χ1) is 8.27. The Labute approximate surface area is 104 Å². The monoisotopic (exact) mass is 236 g/mol. The molecule has 1 unspecified atom stereocenters. The molecule has 0 spiro atoms. The summed E-state index contributed by atoms with van der Waals surface area (Å²) in [5, 5.41) is 8.63. The number of aromatic nitrogens is 3. The van der Waals surface area contributed by atoms with Gasteiger partial charge in [-0.25, -0.2) is 0 Å². The topological polar surface area (TPSA) is 56.7 Å². The normalized spacial score (nSPS) is 19.5. The molecule has 0 aliphatic heterocycles. The lowest BCUT2D eigenvalue weighted by Gasteiger charge is -2.27. The highest BCUT2D eigenvalue weighted by molar-refractivity contribution is 5.04. The molecule has 1 fully saturated rings. The lowest BCUT2D eigenvalue weighted by Crippen LogP contribution is -2.22. The van der Waals surface area contributed by atoms with Gasteiger partial charge in [-0.2, -0.15) is 0 Å². The maximum atomic E-state index is 5.84. The van der Waals surface area contributed by atoms with Gasteiger partial charge in [-0.05, 0) is 26.2 Å². The lowest BCUT2D eigenvalue weighted by molar-refractivity contribution is 0.335. The smallest absolute Gasteiger partial charge is 0.137 e. The van der Waals surface area contributed by atoms with Crippen molar-refractivity contribution in [3.63, 3.8) is 0 Å². The fourth-order valence-electron chi connectivity index (χ4n) is 2.91. The minimum Gasteiger partial charge on any atom is -0.330 e. The van der Waals surface area contributed by atoms with Crippen LogP contribution in [0.5, 0.6) is 0 Å². The molecule has 4 nitrogen and oxygen atoms in total. The van der Waals surface area contributed by atoms with Crippen LogP contribution in [-0.4, -0.2) is 21.3 Å². The average molecular weight is 236 g/mol. The molecule has 0 radical (unpaired) electrons. The van der Waals surface area contributed by atoms with E-state index in [4.69, 9.17) is 5.73 Å². The van der Waals surface area contributed by atoms with Crippen molar-refractivity contribution in [1.29, 1.82) is 0 Å². The molecule has 1 aliphatic carbocycles. The average Bonchev–Trinajstić information content (AvgIpc) is 2.74. The third kappa shape index (κ3) is 2.51. The van der Waals surface area contributed by atoms with Gasteiger partial charge in [0.15, 0.2) is 0 Å². The van der Waals surface area contributed by atoms with Crippen LogP contribution >= 0.6 is 0 Å². The van der Waals surface area contributed by atoms with Crippen molar-refractivity contribution in [2.45, 2.75) is 64.3 Å². The number of nitrogens with two attached hydrogens (primary N) is 1. The molecule has 1 aromatic rings. The van der Waals surface area contributed by atoms with E-state index in [2.05, 4.69) is 28.6 Å². The van der Waals surface area contributed by atoms with Gasteiger partial charge in [0.1, 0.15) is 11.6 Å². The SMILES string of the molecule is CCC(CN)c1nnc(C)n1C1CCCCC1. The standard InChI is InChI=1S/C13H24N4/c1-3-11(9-14)13-16-15-10(2)17(13)12-7-5-4-6-8-12/h11-12H,3-9,14H2,1-2H3. The molecular formula is C13H24N4. The highest BCUT2D eigenvalue weighted by Crippen LogP contribution is 2.31. The Morgan fingerprint density at radius 1 is 1.29 bits per heavy atom. The van der Waals surface area contributed by atoms with Gasteiger partial charge in [-0.1, -0.05) is 26.2 Å². The maximum Gasteiger partial charge on any atom is 0.137 e. The second-order valence-electron chi connectivity index (χ2n) is 5.11. The summed E-state index contributed by atoms with van der Waals surface area (Å²) >= 11 is 0. The molecule has 96 valence electrons. The Hall–Kier alpha value is -0.900. The number of aryl methyl sites for hydroxylation is 1. The molecule has 0 amide bonds. The van der Waals surface area contributed by atoms with Crippen LogP contribution in [0, 0.1) is 6.92 Å². The van der Waals surface area contributed by atoms with Gasteiger partial charge in [-0.3, -0.25) is 0 Å². The van der Waals surface area contributed by atoms with E-state index in [1.807, 2.05) is 0 Å². The van der Waals surface area contributed by atoms with Crippen molar-refractivity contribution < 1.29 is 0 Å². The molecule has 17 heavy (non-hydrogen) atoms. The van der Waals surface area contributed by atoms with Crippen molar-refractivity contribution in [3.8, 4) is 0 Å². The van der Waals surface area contributed by atoms with Crippen LogP contribution in [0.3, 0.4) is 0 Å². The first kappa shape index (κ1) is 12.6. The molecule has 1 atom stereocenters. The summed E-state index contributed by atoms with van der Waals surface area (Å²) in [6, 6.07) is 0.606. The predicted octanol–water partition coefficient (Wildman–Crippen LogP) is 2.54. The van der Waals surface area contributed by atoms with Gasteiger partial charge in [0.25, 0.3) is 0 Å². The summed E-state index contributed by atoms with van der Waals surface area (Å²) in [5.41, 5.74) is 5.84. The van der Waals surface area contributed by atoms with Gasteiger partial charge < -0.3 is 10.3 Å². The van der Waals surface area contributed by atoms with Crippen molar-refractivity contribution in [1.82, 2.24) is 14.8 Å². The highest BCUT2D eigenvalue weighted by atomic mass is 15.3. The van der Waals surface area contributed by atoms with Crippen molar-refractivity contribution in [3.05, 3.63) is 11.6 Å². The Balaban J connectivity index is 2.27. The fourth-order valence-corrected chi connectivity index (χ4v) is 2.91. The van der Waals surface area contributed by atoms with Crippen LogP contribution in [0.25, 0.3) is 0 Å². The second-order valence-corrected chi connectivity index (χ2v) is 5.11. The zero-order chi connectivity index (χ0) is 12.3. The predicted molar refractivity (Wildman–Crippen MR) is 69.0 cm³/mol. The third-order valence-electron chi connectivity index (χ3n) is 3.97. The zero-order valence-electron chi connectivity index (χ0n) is 11.0. The summed E-state index contributed by atoms with van der Waals surface area (Å²) in [6.07, 6.45) is 7.63. The summed E-state index contributed by atoms with van der Waals surface area (Å²) < 4.78 is 2.36. The Kier molecular flexibility index (Phi) is 4.15. The molecule has 1 aromatic heterocycles. The maximum absolute atomic E-state index is 5.84. The molecule has 2 rings (SSSR count). The van der Waals surface area contributed by atoms with E-state index in [0.29, 0.717) is 18.5 Å². The van der Waals surface area contributed by atoms with Crippen molar-refractivity contribution in [2.75, 3.05) is 6.54 Å². The molecule has 0 aromatic carbocycles. The summed E-state index contributed by atoms with van der Waals surface area (Å²) in [7, 11) is 0. The molecule has 2 N–H and O–H groups in total. The van der Waals surface area contributed by atoms with E-state index < -0.39 is 0 Å². The Morgan fingerprint density at radius 2 is 2.00 bits per heavy atom. The molecule has 1 saturated carbocycles. The minimum atomic E-state index is 0.359. The van der Waals surface area contributed by atoms with Gasteiger partial charge >= 0.3 is 0 Å². The minimum absolute atomic E-state index is 0.359. The lowest BCUT2D eigenvalue weighted by atomic mass is 9.94. The number of rotatable bonds is 4. The van der Waals surface area contributed by atoms with Crippen LogP contribution in [0.4, 0.5) is 0 Å². The third-order valence-corrected chi connectivity index (χ3v) is 3.97. The molecule has 0 saturated heterocycles. The Bertz CT molecular complexity index is 348. The fraction of sp³-hybridized carbons (Fsp3) is 0.846. The van der Waals surface area contributed by atoms with E-state index in [1.165, 1.54) is 32.1 Å². The molecule has 1 aliphatic rings. The molecule has 0 bridgehead atoms. The van der Waals surface area contributed by atoms with Crippen LogP contribution in [0.1, 0.15) is 69.1 Å². The van der Waals surface area contributed by atoms with Crippen LogP contribution in [-0.2, 0) is 0 Å². The highest BCUT2D eigenvalue weighted by Gasteiger charge is 2.24. The quantitative estimate of drug-likeness (QED) is 0.874. The Morgan fingerprint density at radius 3 is 2.59 bits per heavy atom. The van der Waals surface area contributed by atoms with Gasteiger partial charge in [0.2, 0.25) is 0 Å². The zero-order valence-corrected chi connectivity index (χ0v) is 11.0.